The lowest BCUT2D eigenvalue weighted by Crippen LogP contribution is -2.24. The number of nitrogens with zero attached hydrogens (tertiary/aromatic N) is 1. The monoisotopic (exact) mass is 356 g/mol. The Balaban J connectivity index is 1.91. The topological polar surface area (TPSA) is 50.7 Å². The van der Waals surface area contributed by atoms with E-state index in [9.17, 15) is 18.0 Å². The van der Waals surface area contributed by atoms with Crippen LogP contribution in [0.3, 0.4) is 0 Å². The van der Waals surface area contributed by atoms with Crippen molar-refractivity contribution >= 4 is 23.7 Å². The first-order valence-corrected chi connectivity index (χ1v) is 7.10. The lowest BCUT2D eigenvalue weighted by atomic mass is 10.1. The molecule has 0 atom stereocenters. The molecule has 8 heteroatoms. The molecular weight excluding hydrogens is 345 g/mol. The number of hydrogen-bond donors (Lipinski definition) is 1. The van der Waals surface area contributed by atoms with Gasteiger partial charge in [-0.3, -0.25) is 4.79 Å². The molecule has 0 aliphatic rings. The normalized spacial score (nSPS) is 11.5. The maximum Gasteiger partial charge on any atom is 0.417 e. The zero-order chi connectivity index (χ0) is 17.6. The number of carbonyl (C=O) groups excluding carboxylic acids is 1. The first kappa shape index (κ1) is 17.8. The smallest absolute Gasteiger partial charge is 0.417 e. The van der Waals surface area contributed by atoms with E-state index >= 15 is 0 Å². The molecular formula is C16H12ClF3N2O2. The zero-order valence-electron chi connectivity index (χ0n) is 12.2. The molecule has 0 aromatic heterocycles. The van der Waals surface area contributed by atoms with E-state index in [1.165, 1.54) is 24.3 Å². The average Bonchev–Trinajstić information content (AvgIpc) is 2.52. The van der Waals surface area contributed by atoms with E-state index in [0.29, 0.717) is 10.8 Å². The Hall–Kier alpha value is -2.54. The van der Waals surface area contributed by atoms with Gasteiger partial charge in [-0.1, -0.05) is 35.9 Å². The summed E-state index contributed by atoms with van der Waals surface area (Å²) in [5, 5.41) is 3.97. The average molecular weight is 357 g/mol. The van der Waals surface area contributed by atoms with Gasteiger partial charge in [0.1, 0.15) is 5.75 Å². The summed E-state index contributed by atoms with van der Waals surface area (Å²) in [5.74, 6) is -0.222. The Morgan fingerprint density at radius 2 is 1.96 bits per heavy atom. The van der Waals surface area contributed by atoms with Crippen LogP contribution < -0.4 is 10.2 Å². The number of hydrazone groups is 1. The lowest BCUT2D eigenvalue weighted by Gasteiger charge is -2.09. The number of rotatable bonds is 5. The predicted molar refractivity (Wildman–Crippen MR) is 84.1 cm³/mol. The van der Waals surface area contributed by atoms with Crippen LogP contribution in [-0.4, -0.2) is 18.7 Å². The van der Waals surface area contributed by atoms with Crippen LogP contribution in [-0.2, 0) is 11.0 Å². The first-order valence-electron chi connectivity index (χ1n) is 6.73. The summed E-state index contributed by atoms with van der Waals surface area (Å²) in [6, 6.07) is 11.4. The Kier molecular flexibility index (Phi) is 5.81. The maximum atomic E-state index is 12.8. The number of hydrogen-bond acceptors (Lipinski definition) is 3. The van der Waals surface area contributed by atoms with Crippen LogP contribution in [0, 0.1) is 0 Å². The molecule has 0 heterocycles. The highest BCUT2D eigenvalue weighted by Gasteiger charge is 2.32. The number of halogens is 4. The van der Waals surface area contributed by atoms with Crippen LogP contribution in [0.4, 0.5) is 13.2 Å². The molecule has 2 aromatic rings. The molecule has 0 bridgehead atoms. The highest BCUT2D eigenvalue weighted by molar-refractivity contribution is 6.30. The molecule has 0 radical (unpaired) electrons. The minimum absolute atomic E-state index is 0.152. The number of nitrogens with one attached hydrogen (secondary N) is 1. The zero-order valence-corrected chi connectivity index (χ0v) is 12.9. The fourth-order valence-corrected chi connectivity index (χ4v) is 1.96. The fourth-order valence-electron chi connectivity index (χ4n) is 1.78. The molecule has 4 nitrogen and oxygen atoms in total. The summed E-state index contributed by atoms with van der Waals surface area (Å²) in [7, 11) is 0. The van der Waals surface area contributed by atoms with E-state index in [4.69, 9.17) is 16.3 Å². The van der Waals surface area contributed by atoms with Crippen molar-refractivity contribution < 1.29 is 22.7 Å². The SMILES string of the molecule is O=C(COc1cccc(Cl)c1)N/N=C/c1ccccc1C(F)(F)F. The van der Waals surface area contributed by atoms with Crippen molar-refractivity contribution in [3.8, 4) is 5.75 Å². The number of carbonyl (C=O) groups is 1. The van der Waals surface area contributed by atoms with Gasteiger partial charge in [-0.2, -0.15) is 18.3 Å². The molecule has 0 saturated heterocycles. The van der Waals surface area contributed by atoms with Crippen LogP contribution in [0.25, 0.3) is 0 Å². The molecule has 2 aromatic carbocycles. The molecule has 1 N–H and O–H groups in total. The van der Waals surface area contributed by atoms with E-state index in [-0.39, 0.29) is 12.2 Å². The van der Waals surface area contributed by atoms with Gasteiger partial charge in [0.05, 0.1) is 11.8 Å². The highest BCUT2D eigenvalue weighted by atomic mass is 35.5. The summed E-state index contributed by atoms with van der Waals surface area (Å²) < 4.78 is 43.6. The number of ether oxygens (including phenoxy) is 1. The summed E-state index contributed by atoms with van der Waals surface area (Å²) in [6.07, 6.45) is -3.57. The van der Waals surface area contributed by atoms with Crippen molar-refractivity contribution in [3.63, 3.8) is 0 Å². The van der Waals surface area contributed by atoms with Gasteiger partial charge in [-0.05, 0) is 24.3 Å². The quantitative estimate of drug-likeness (QED) is 0.652. The standard InChI is InChI=1S/C16H12ClF3N2O2/c17-12-5-3-6-13(8-12)24-10-15(23)22-21-9-11-4-1-2-7-14(11)16(18,19)20/h1-9H,10H2,(H,22,23)/b21-9+. The minimum atomic E-state index is -4.50. The van der Waals surface area contributed by atoms with Crippen molar-refractivity contribution in [2.24, 2.45) is 5.10 Å². The Morgan fingerprint density at radius 1 is 1.21 bits per heavy atom. The summed E-state index contributed by atoms with van der Waals surface area (Å²) in [4.78, 5) is 11.6. The predicted octanol–water partition coefficient (Wildman–Crippen LogP) is 3.89. The van der Waals surface area contributed by atoms with Crippen molar-refractivity contribution in [1.82, 2.24) is 5.43 Å². The third-order valence-electron chi connectivity index (χ3n) is 2.83. The third kappa shape index (κ3) is 5.27. The van der Waals surface area contributed by atoms with E-state index < -0.39 is 17.6 Å². The molecule has 0 unspecified atom stereocenters. The van der Waals surface area contributed by atoms with Gasteiger partial charge in [0.15, 0.2) is 6.61 Å². The van der Waals surface area contributed by atoms with E-state index in [1.54, 1.807) is 18.2 Å². The van der Waals surface area contributed by atoms with Gasteiger partial charge in [0, 0.05) is 10.6 Å². The Morgan fingerprint density at radius 3 is 2.67 bits per heavy atom. The van der Waals surface area contributed by atoms with Crippen LogP contribution >= 0.6 is 11.6 Å². The van der Waals surface area contributed by atoms with Crippen molar-refractivity contribution in [2.45, 2.75) is 6.18 Å². The number of benzene rings is 2. The number of amides is 1. The van der Waals surface area contributed by atoms with Gasteiger partial charge in [-0.15, -0.1) is 0 Å². The summed E-state index contributed by atoms with van der Waals surface area (Å²) in [6.45, 7) is -0.349. The molecule has 0 spiro atoms. The van der Waals surface area contributed by atoms with Crippen LogP contribution in [0.1, 0.15) is 11.1 Å². The van der Waals surface area contributed by atoms with Crippen LogP contribution in [0.2, 0.25) is 5.02 Å². The molecule has 0 fully saturated rings. The fraction of sp³-hybridized carbons (Fsp3) is 0.125. The van der Waals surface area contributed by atoms with E-state index in [2.05, 4.69) is 10.5 Å². The third-order valence-corrected chi connectivity index (χ3v) is 3.06. The van der Waals surface area contributed by atoms with Crippen molar-refractivity contribution in [3.05, 3.63) is 64.7 Å². The summed E-state index contributed by atoms with van der Waals surface area (Å²) >= 11 is 5.77. The van der Waals surface area contributed by atoms with Gasteiger partial charge < -0.3 is 4.74 Å². The second kappa shape index (κ2) is 7.83. The lowest BCUT2D eigenvalue weighted by molar-refractivity contribution is -0.137. The van der Waals surface area contributed by atoms with Gasteiger partial charge >= 0.3 is 6.18 Å². The van der Waals surface area contributed by atoms with E-state index in [1.807, 2.05) is 0 Å². The molecule has 24 heavy (non-hydrogen) atoms. The van der Waals surface area contributed by atoms with Crippen molar-refractivity contribution in [1.29, 1.82) is 0 Å². The van der Waals surface area contributed by atoms with Gasteiger partial charge in [-0.25, -0.2) is 5.43 Å². The van der Waals surface area contributed by atoms with Crippen molar-refractivity contribution in [2.75, 3.05) is 6.61 Å². The maximum absolute atomic E-state index is 12.8. The molecule has 1 amide bonds. The van der Waals surface area contributed by atoms with E-state index in [0.717, 1.165) is 12.3 Å². The number of alkyl halides is 3. The van der Waals surface area contributed by atoms with Gasteiger partial charge in [0.25, 0.3) is 5.91 Å². The second-order valence-corrected chi connectivity index (χ2v) is 5.06. The first-order chi connectivity index (χ1) is 11.4. The molecule has 0 aliphatic heterocycles. The Bertz CT molecular complexity index is 748. The highest BCUT2D eigenvalue weighted by Crippen LogP contribution is 2.31. The molecule has 0 aliphatic carbocycles. The molecule has 2 rings (SSSR count). The largest absolute Gasteiger partial charge is 0.484 e. The minimum Gasteiger partial charge on any atom is -0.484 e. The van der Waals surface area contributed by atoms with Crippen LogP contribution in [0.15, 0.2) is 53.6 Å². The Labute approximate surface area is 140 Å². The molecule has 126 valence electrons. The van der Waals surface area contributed by atoms with Gasteiger partial charge in [0.2, 0.25) is 0 Å². The summed E-state index contributed by atoms with van der Waals surface area (Å²) in [5.41, 5.74) is 1.11. The van der Waals surface area contributed by atoms with Crippen LogP contribution in [0.5, 0.6) is 5.75 Å². The molecule has 0 saturated carbocycles. The second-order valence-electron chi connectivity index (χ2n) is 4.62.